The molecule has 0 aliphatic rings. The van der Waals surface area contributed by atoms with E-state index in [4.69, 9.17) is 19.4 Å². The van der Waals surface area contributed by atoms with Gasteiger partial charge in [0.1, 0.15) is 22.9 Å². The Bertz CT molecular complexity index is 1590. The fourth-order valence-corrected chi connectivity index (χ4v) is 5.21. The van der Waals surface area contributed by atoms with Gasteiger partial charge >= 0.3 is 0 Å². The Morgan fingerprint density at radius 1 is 0.479 bits per heavy atom. The quantitative estimate of drug-likeness (QED) is 0.0890. The van der Waals surface area contributed by atoms with Crippen LogP contribution < -0.4 is 9.47 Å². The summed E-state index contributed by atoms with van der Waals surface area (Å²) in [6.45, 7) is 5.93. The van der Waals surface area contributed by atoms with E-state index in [1.54, 1.807) is 12.4 Å². The van der Waals surface area contributed by atoms with Gasteiger partial charge in [-0.1, -0.05) is 101 Å². The van der Waals surface area contributed by atoms with Crippen LogP contribution in [0, 0.1) is 0 Å². The molecule has 2 aromatic carbocycles. The van der Waals surface area contributed by atoms with Crippen molar-refractivity contribution in [2.45, 2.75) is 65.2 Å². The molecule has 0 radical (unpaired) electrons. The summed E-state index contributed by atoms with van der Waals surface area (Å²) >= 11 is 0. The van der Waals surface area contributed by atoms with Gasteiger partial charge < -0.3 is 9.47 Å². The summed E-state index contributed by atoms with van der Waals surface area (Å²) < 4.78 is 11.9. The van der Waals surface area contributed by atoms with Gasteiger partial charge in [-0.25, -0.2) is 9.97 Å². The lowest BCUT2D eigenvalue weighted by Gasteiger charge is -2.11. The first-order valence-corrected chi connectivity index (χ1v) is 17.3. The Balaban J connectivity index is 1.41. The maximum Gasteiger partial charge on any atom is 0.119 e. The number of hydrogen-bond acceptors (Lipinski definition) is 6. The second-order valence-corrected chi connectivity index (χ2v) is 11.7. The molecule has 0 atom stereocenters. The van der Waals surface area contributed by atoms with Crippen molar-refractivity contribution >= 4 is 24.3 Å². The fraction of sp³-hybridized carbons (Fsp3) is 0.286. The molecule has 246 valence electrons. The number of ether oxygens (including phenoxy) is 2. The van der Waals surface area contributed by atoms with Gasteiger partial charge in [-0.05, 0) is 84.7 Å². The maximum atomic E-state index is 5.94. The van der Waals surface area contributed by atoms with E-state index in [0.717, 1.165) is 60.1 Å². The molecule has 3 heterocycles. The van der Waals surface area contributed by atoms with Crippen LogP contribution in [-0.2, 0) is 0 Å². The third-order valence-corrected chi connectivity index (χ3v) is 7.93. The van der Waals surface area contributed by atoms with Crippen molar-refractivity contribution in [2.24, 2.45) is 0 Å². The highest BCUT2D eigenvalue weighted by Crippen LogP contribution is 2.28. The summed E-state index contributed by atoms with van der Waals surface area (Å²) in [6.07, 6.45) is 21.2. The van der Waals surface area contributed by atoms with Gasteiger partial charge in [-0.2, -0.15) is 0 Å². The summed E-state index contributed by atoms with van der Waals surface area (Å²) in [5.41, 5.74) is 6.40. The van der Waals surface area contributed by atoms with Gasteiger partial charge in [0, 0.05) is 12.4 Å². The van der Waals surface area contributed by atoms with Crippen molar-refractivity contribution in [3.8, 4) is 34.3 Å². The lowest BCUT2D eigenvalue weighted by molar-refractivity contribution is 0.305. The zero-order valence-electron chi connectivity index (χ0n) is 28.2. The number of aromatic nitrogens is 4. The van der Waals surface area contributed by atoms with Crippen LogP contribution in [0.3, 0.4) is 0 Å². The Labute approximate surface area is 285 Å². The topological polar surface area (TPSA) is 70.0 Å². The molecule has 6 heteroatoms. The molecule has 0 saturated heterocycles. The monoisotopic (exact) mass is 638 g/mol. The SMILES string of the molecule is CCCCCCOc1ccc(/C=C/c2nc(-c3ccccn3)c(/C=C/c3ccc(OCCCCCC)cc3)nc2-c2ccccn2)cc1. The summed E-state index contributed by atoms with van der Waals surface area (Å²) in [6, 6.07) is 28.0. The molecule has 0 fully saturated rings. The van der Waals surface area contributed by atoms with E-state index in [1.807, 2.05) is 85.0 Å². The van der Waals surface area contributed by atoms with E-state index in [1.165, 1.54) is 38.5 Å². The fourth-order valence-electron chi connectivity index (χ4n) is 5.21. The average Bonchev–Trinajstić information content (AvgIpc) is 3.14. The zero-order valence-corrected chi connectivity index (χ0v) is 28.2. The van der Waals surface area contributed by atoms with Gasteiger partial charge in [0.15, 0.2) is 0 Å². The van der Waals surface area contributed by atoms with Crippen molar-refractivity contribution in [1.29, 1.82) is 0 Å². The van der Waals surface area contributed by atoms with Crippen LogP contribution >= 0.6 is 0 Å². The van der Waals surface area contributed by atoms with Crippen LogP contribution in [0.25, 0.3) is 47.1 Å². The standard InChI is InChI=1S/C42H46N4O2/c1-3-5-7-13-31-47-35-23-17-33(18-24-35)21-27-39-41(37-15-9-11-29-43-37)46-40(42(45-39)38-16-10-12-30-44-38)28-22-34-19-25-36(26-20-34)48-32-14-8-6-4-2/h9-12,15-30H,3-8,13-14,31-32H2,1-2H3/b27-21+,28-22+. The number of rotatable bonds is 18. The van der Waals surface area contributed by atoms with Crippen LogP contribution in [0.15, 0.2) is 97.3 Å². The van der Waals surface area contributed by atoms with Gasteiger partial charge in [-0.15, -0.1) is 0 Å². The molecule has 0 spiro atoms. The first-order chi connectivity index (χ1) is 23.7. The van der Waals surface area contributed by atoms with Crippen LogP contribution in [0.1, 0.15) is 87.7 Å². The summed E-state index contributed by atoms with van der Waals surface area (Å²) in [5, 5.41) is 0. The van der Waals surface area contributed by atoms with Crippen molar-refractivity contribution in [1.82, 2.24) is 19.9 Å². The van der Waals surface area contributed by atoms with E-state index >= 15 is 0 Å². The highest BCUT2D eigenvalue weighted by atomic mass is 16.5. The number of nitrogens with zero attached hydrogens (tertiary/aromatic N) is 4. The molecule has 0 amide bonds. The zero-order chi connectivity index (χ0) is 33.2. The minimum absolute atomic E-state index is 0.699. The van der Waals surface area contributed by atoms with E-state index in [0.29, 0.717) is 22.8 Å². The van der Waals surface area contributed by atoms with Crippen LogP contribution in [-0.4, -0.2) is 33.1 Å². The molecule has 0 bridgehead atoms. The van der Waals surface area contributed by atoms with Gasteiger partial charge in [-0.3, -0.25) is 9.97 Å². The molecule has 6 nitrogen and oxygen atoms in total. The second-order valence-electron chi connectivity index (χ2n) is 11.7. The molecule has 0 aliphatic heterocycles. The maximum absolute atomic E-state index is 5.94. The molecular formula is C42H46N4O2. The Morgan fingerprint density at radius 3 is 1.29 bits per heavy atom. The molecule has 0 N–H and O–H groups in total. The number of benzene rings is 2. The second kappa shape index (κ2) is 18.9. The highest BCUT2D eigenvalue weighted by Gasteiger charge is 2.16. The largest absolute Gasteiger partial charge is 0.494 e. The van der Waals surface area contributed by atoms with E-state index in [9.17, 15) is 0 Å². The number of pyridine rings is 2. The normalized spacial score (nSPS) is 11.4. The van der Waals surface area contributed by atoms with Gasteiger partial charge in [0.05, 0.1) is 36.0 Å². The first kappa shape index (κ1) is 34.2. The van der Waals surface area contributed by atoms with E-state index in [-0.39, 0.29) is 0 Å². The lowest BCUT2D eigenvalue weighted by Crippen LogP contribution is -2.02. The average molecular weight is 639 g/mol. The Morgan fingerprint density at radius 2 is 0.917 bits per heavy atom. The Hall–Kier alpha value is -5.10. The molecular weight excluding hydrogens is 592 g/mol. The summed E-state index contributed by atoms with van der Waals surface area (Å²) in [4.78, 5) is 19.6. The van der Waals surface area contributed by atoms with E-state index in [2.05, 4.69) is 48.1 Å². The molecule has 5 aromatic rings. The molecule has 0 unspecified atom stereocenters. The van der Waals surface area contributed by atoms with E-state index < -0.39 is 0 Å². The van der Waals surface area contributed by atoms with Crippen molar-refractivity contribution < 1.29 is 9.47 Å². The minimum atomic E-state index is 0.699. The van der Waals surface area contributed by atoms with Crippen LogP contribution in [0.2, 0.25) is 0 Å². The molecule has 0 saturated carbocycles. The summed E-state index contributed by atoms with van der Waals surface area (Å²) in [5.74, 6) is 1.77. The molecule has 0 aliphatic carbocycles. The minimum Gasteiger partial charge on any atom is -0.494 e. The number of hydrogen-bond donors (Lipinski definition) is 0. The first-order valence-electron chi connectivity index (χ1n) is 17.3. The van der Waals surface area contributed by atoms with Crippen molar-refractivity contribution in [3.63, 3.8) is 0 Å². The highest BCUT2D eigenvalue weighted by molar-refractivity contribution is 5.82. The Kier molecular flexibility index (Phi) is 13.5. The summed E-state index contributed by atoms with van der Waals surface area (Å²) in [7, 11) is 0. The smallest absolute Gasteiger partial charge is 0.119 e. The third kappa shape index (κ3) is 10.5. The predicted octanol–water partition coefficient (Wildman–Crippen LogP) is 10.9. The molecule has 48 heavy (non-hydrogen) atoms. The number of unbranched alkanes of at least 4 members (excludes halogenated alkanes) is 6. The van der Waals surface area contributed by atoms with Crippen molar-refractivity contribution in [2.75, 3.05) is 13.2 Å². The van der Waals surface area contributed by atoms with Crippen molar-refractivity contribution in [3.05, 3.63) is 120 Å². The third-order valence-electron chi connectivity index (χ3n) is 7.93. The lowest BCUT2D eigenvalue weighted by atomic mass is 10.1. The van der Waals surface area contributed by atoms with Crippen LogP contribution in [0.5, 0.6) is 11.5 Å². The van der Waals surface area contributed by atoms with Gasteiger partial charge in [0.25, 0.3) is 0 Å². The van der Waals surface area contributed by atoms with Gasteiger partial charge in [0.2, 0.25) is 0 Å². The molecule has 3 aromatic heterocycles. The predicted molar refractivity (Wildman–Crippen MR) is 199 cm³/mol. The van der Waals surface area contributed by atoms with Crippen LogP contribution in [0.4, 0.5) is 0 Å². The molecule has 5 rings (SSSR count).